The Labute approximate surface area is 58.1 Å². The number of ether oxygens (including phenoxy) is 2. The molecule has 0 aromatic heterocycles. The summed E-state index contributed by atoms with van der Waals surface area (Å²) in [5.41, 5.74) is 0. The molecule has 0 bridgehead atoms. The van der Waals surface area contributed by atoms with Crippen molar-refractivity contribution >= 4 is 7.60 Å². The van der Waals surface area contributed by atoms with Crippen molar-refractivity contribution in [2.24, 2.45) is 0 Å². The van der Waals surface area contributed by atoms with E-state index in [0.29, 0.717) is 6.61 Å². The highest BCUT2D eigenvalue weighted by molar-refractivity contribution is 7.51. The van der Waals surface area contributed by atoms with E-state index in [0.717, 1.165) is 0 Å². The van der Waals surface area contributed by atoms with E-state index in [1.807, 2.05) is 0 Å². The molecule has 5 nitrogen and oxygen atoms in total. The van der Waals surface area contributed by atoms with Crippen LogP contribution in [0.25, 0.3) is 0 Å². The minimum atomic E-state index is -3.97. The van der Waals surface area contributed by atoms with Gasteiger partial charge in [0, 0.05) is 0 Å². The quantitative estimate of drug-likeness (QED) is 0.438. The molecule has 1 aliphatic heterocycles. The summed E-state index contributed by atoms with van der Waals surface area (Å²) in [5.74, 6) is 0. The summed E-state index contributed by atoms with van der Waals surface area (Å²) in [7, 11) is -3.97. The molecule has 0 aromatic carbocycles. The Morgan fingerprint density at radius 1 is 1.70 bits per heavy atom. The van der Waals surface area contributed by atoms with Crippen molar-refractivity contribution in [3.05, 3.63) is 0 Å². The van der Waals surface area contributed by atoms with Gasteiger partial charge < -0.3 is 19.3 Å². The first-order chi connectivity index (χ1) is 4.58. The summed E-state index contributed by atoms with van der Waals surface area (Å²) < 4.78 is 19.5. The van der Waals surface area contributed by atoms with Crippen LogP contribution in [-0.4, -0.2) is 35.5 Å². The van der Waals surface area contributed by atoms with Crippen LogP contribution in [0.4, 0.5) is 0 Å². The van der Waals surface area contributed by atoms with Gasteiger partial charge in [0.05, 0.1) is 13.2 Å². The molecule has 1 unspecified atom stereocenters. The zero-order valence-corrected chi connectivity index (χ0v) is 6.16. The zero-order chi connectivity index (χ0) is 7.61. The maximum Gasteiger partial charge on any atom is 0.350 e. The molecule has 1 heterocycles. The summed E-state index contributed by atoms with van der Waals surface area (Å²) >= 11 is 0. The van der Waals surface area contributed by atoms with Crippen LogP contribution in [0.3, 0.4) is 0 Å². The van der Waals surface area contributed by atoms with Crippen LogP contribution < -0.4 is 0 Å². The average molecular weight is 168 g/mol. The first-order valence-electron chi connectivity index (χ1n) is 2.82. The van der Waals surface area contributed by atoms with E-state index in [4.69, 9.17) is 14.5 Å². The van der Waals surface area contributed by atoms with Crippen LogP contribution in [0.1, 0.15) is 0 Å². The Hall–Kier alpha value is 0.0700. The molecule has 1 saturated heterocycles. The highest BCUT2D eigenvalue weighted by Crippen LogP contribution is 2.34. The number of hydrogen-bond donors (Lipinski definition) is 2. The Morgan fingerprint density at radius 3 is 2.70 bits per heavy atom. The SMILES string of the molecule is O=P(O)(O)COCC1CO1. The second kappa shape index (κ2) is 2.98. The van der Waals surface area contributed by atoms with E-state index < -0.39 is 13.9 Å². The lowest BCUT2D eigenvalue weighted by molar-refractivity contribution is 0.138. The monoisotopic (exact) mass is 168 g/mol. The van der Waals surface area contributed by atoms with Gasteiger partial charge in [-0.05, 0) is 0 Å². The maximum absolute atomic E-state index is 10.2. The summed E-state index contributed by atoms with van der Waals surface area (Å²) in [5, 5.41) is 0. The van der Waals surface area contributed by atoms with Gasteiger partial charge >= 0.3 is 7.60 Å². The van der Waals surface area contributed by atoms with Gasteiger partial charge in [0.25, 0.3) is 0 Å². The molecule has 10 heavy (non-hydrogen) atoms. The molecule has 0 radical (unpaired) electrons. The van der Waals surface area contributed by atoms with Gasteiger partial charge in [-0.1, -0.05) is 0 Å². The lowest BCUT2D eigenvalue weighted by atomic mass is 10.5. The smallest absolute Gasteiger partial charge is 0.350 e. The molecule has 60 valence electrons. The van der Waals surface area contributed by atoms with Gasteiger partial charge in [0.2, 0.25) is 0 Å². The fourth-order valence-electron chi connectivity index (χ4n) is 0.467. The summed E-state index contributed by atoms with van der Waals surface area (Å²) in [4.78, 5) is 16.6. The third-order valence-electron chi connectivity index (χ3n) is 0.966. The molecule has 0 spiro atoms. The highest BCUT2D eigenvalue weighted by Gasteiger charge is 2.24. The van der Waals surface area contributed by atoms with Gasteiger partial charge in [-0.3, -0.25) is 4.57 Å². The minimum absolute atomic E-state index is 0.0616. The van der Waals surface area contributed by atoms with Crippen LogP contribution in [-0.2, 0) is 14.0 Å². The molecular weight excluding hydrogens is 159 g/mol. The van der Waals surface area contributed by atoms with Crippen LogP contribution in [0.5, 0.6) is 0 Å². The predicted octanol–water partition coefficient (Wildman–Crippen LogP) is -0.463. The Kier molecular flexibility index (Phi) is 2.44. The first kappa shape index (κ1) is 8.17. The second-order valence-electron chi connectivity index (χ2n) is 2.12. The van der Waals surface area contributed by atoms with E-state index in [-0.39, 0.29) is 12.7 Å². The third kappa shape index (κ3) is 3.98. The van der Waals surface area contributed by atoms with Gasteiger partial charge in [0.15, 0.2) is 0 Å². The molecule has 2 N–H and O–H groups in total. The molecule has 0 aliphatic carbocycles. The third-order valence-corrected chi connectivity index (χ3v) is 1.48. The lowest BCUT2D eigenvalue weighted by Crippen LogP contribution is -2.02. The predicted molar refractivity (Wildman–Crippen MR) is 32.6 cm³/mol. The highest BCUT2D eigenvalue weighted by atomic mass is 31.2. The number of rotatable bonds is 4. The molecule has 0 aromatic rings. The fourth-order valence-corrected chi connectivity index (χ4v) is 0.811. The lowest BCUT2D eigenvalue weighted by Gasteiger charge is -2.02. The van der Waals surface area contributed by atoms with Gasteiger partial charge in [-0.2, -0.15) is 0 Å². The second-order valence-corrected chi connectivity index (χ2v) is 3.71. The van der Waals surface area contributed by atoms with Crippen LogP contribution in [0.15, 0.2) is 0 Å². The average Bonchev–Trinajstić information content (AvgIpc) is 2.45. The van der Waals surface area contributed by atoms with Crippen molar-refractivity contribution in [2.45, 2.75) is 6.10 Å². The first-order valence-corrected chi connectivity index (χ1v) is 4.61. The van der Waals surface area contributed by atoms with Crippen molar-refractivity contribution in [2.75, 3.05) is 19.6 Å². The van der Waals surface area contributed by atoms with Crippen molar-refractivity contribution in [1.29, 1.82) is 0 Å². The molecule has 1 aliphatic rings. The van der Waals surface area contributed by atoms with Crippen molar-refractivity contribution in [1.82, 2.24) is 0 Å². The van der Waals surface area contributed by atoms with Gasteiger partial charge in [0.1, 0.15) is 12.5 Å². The van der Waals surface area contributed by atoms with E-state index >= 15 is 0 Å². The van der Waals surface area contributed by atoms with Crippen molar-refractivity contribution in [3.8, 4) is 0 Å². The van der Waals surface area contributed by atoms with Crippen LogP contribution in [0.2, 0.25) is 0 Å². The number of epoxide rings is 1. The van der Waals surface area contributed by atoms with Crippen molar-refractivity contribution in [3.63, 3.8) is 0 Å². The van der Waals surface area contributed by atoms with Gasteiger partial charge in [-0.25, -0.2) is 0 Å². The largest absolute Gasteiger partial charge is 0.371 e. The van der Waals surface area contributed by atoms with Crippen LogP contribution >= 0.6 is 7.60 Å². The Bertz CT molecular complexity index is 148. The van der Waals surface area contributed by atoms with E-state index in [9.17, 15) is 4.57 Å². The summed E-state index contributed by atoms with van der Waals surface area (Å²) in [6.45, 7) is 0.923. The summed E-state index contributed by atoms with van der Waals surface area (Å²) in [6.07, 6.45) is -0.445. The molecule has 1 atom stereocenters. The minimum Gasteiger partial charge on any atom is -0.371 e. The van der Waals surface area contributed by atoms with Crippen molar-refractivity contribution < 1.29 is 23.8 Å². The zero-order valence-electron chi connectivity index (χ0n) is 5.27. The molecule has 0 amide bonds. The standard InChI is InChI=1S/C4H9O5P/c5-10(6,7)3-8-1-4-2-9-4/h4H,1-3H2,(H2,5,6,7). The normalized spacial score (nSPS) is 24.8. The van der Waals surface area contributed by atoms with E-state index in [1.54, 1.807) is 0 Å². The fraction of sp³-hybridized carbons (Fsp3) is 1.00. The Morgan fingerprint density at radius 2 is 2.30 bits per heavy atom. The summed E-state index contributed by atoms with van der Waals surface area (Å²) in [6, 6.07) is 0. The van der Waals surface area contributed by atoms with E-state index in [2.05, 4.69) is 4.74 Å². The maximum atomic E-state index is 10.2. The molecular formula is C4H9O5P. The topological polar surface area (TPSA) is 79.3 Å². The molecule has 6 heteroatoms. The van der Waals surface area contributed by atoms with Gasteiger partial charge in [-0.15, -0.1) is 0 Å². The van der Waals surface area contributed by atoms with Crippen LogP contribution in [0, 0.1) is 0 Å². The van der Waals surface area contributed by atoms with E-state index in [1.165, 1.54) is 0 Å². The molecule has 1 fully saturated rings. The number of hydrogen-bond acceptors (Lipinski definition) is 3. The Balaban J connectivity index is 1.99. The molecule has 0 saturated carbocycles. The molecule has 1 rings (SSSR count).